The van der Waals surface area contributed by atoms with Gasteiger partial charge < -0.3 is 9.88 Å². The van der Waals surface area contributed by atoms with E-state index in [1.807, 2.05) is 63.2 Å². The molecule has 0 fully saturated rings. The van der Waals surface area contributed by atoms with Gasteiger partial charge in [-0.1, -0.05) is 31.2 Å². The monoisotopic (exact) mass is 378 g/mol. The van der Waals surface area contributed by atoms with Crippen molar-refractivity contribution in [1.29, 1.82) is 0 Å². The van der Waals surface area contributed by atoms with Crippen LogP contribution in [-0.2, 0) is 11.3 Å². The minimum atomic E-state index is -0.168. The van der Waals surface area contributed by atoms with Crippen molar-refractivity contribution in [3.8, 4) is 0 Å². The Morgan fingerprint density at radius 1 is 1.07 bits per heavy atom. The highest BCUT2D eigenvalue weighted by Gasteiger charge is 2.20. The van der Waals surface area contributed by atoms with Gasteiger partial charge in [0, 0.05) is 6.54 Å². The fraction of sp³-hybridized carbons (Fsp3) is 0.286. The first-order chi connectivity index (χ1) is 13.0. The Kier molecular flexibility index (Phi) is 4.66. The van der Waals surface area contributed by atoms with Gasteiger partial charge in [-0.15, -0.1) is 11.3 Å². The third kappa shape index (κ3) is 3.45. The second-order valence-corrected chi connectivity index (χ2v) is 7.97. The van der Waals surface area contributed by atoms with Crippen LogP contribution in [0.3, 0.4) is 0 Å². The van der Waals surface area contributed by atoms with Crippen molar-refractivity contribution in [2.24, 2.45) is 5.92 Å². The molecule has 27 heavy (non-hydrogen) atoms. The molecule has 0 spiro atoms. The SMILES string of the molecule is Cc1nc2ccccc2n1CC(C)C(=O)NC(C)c1nc2ccccc2s1. The first kappa shape index (κ1) is 17.7. The van der Waals surface area contributed by atoms with E-state index in [0.29, 0.717) is 6.54 Å². The maximum absolute atomic E-state index is 12.7. The minimum Gasteiger partial charge on any atom is -0.347 e. The number of carbonyl (C=O) groups is 1. The highest BCUT2D eigenvalue weighted by molar-refractivity contribution is 7.18. The third-order valence-corrected chi connectivity index (χ3v) is 6.01. The average Bonchev–Trinajstić information content (AvgIpc) is 3.23. The molecule has 1 amide bonds. The van der Waals surface area contributed by atoms with Crippen LogP contribution in [0, 0.1) is 12.8 Å². The lowest BCUT2D eigenvalue weighted by atomic mass is 10.1. The predicted molar refractivity (Wildman–Crippen MR) is 110 cm³/mol. The molecule has 138 valence electrons. The molecular weight excluding hydrogens is 356 g/mol. The number of aromatic nitrogens is 3. The predicted octanol–water partition coefficient (Wildman–Crippen LogP) is 4.47. The van der Waals surface area contributed by atoms with Gasteiger partial charge in [0.25, 0.3) is 0 Å². The molecule has 0 aliphatic rings. The van der Waals surface area contributed by atoms with Crippen LogP contribution in [0.2, 0.25) is 0 Å². The zero-order chi connectivity index (χ0) is 19.0. The Hall–Kier alpha value is -2.73. The fourth-order valence-electron chi connectivity index (χ4n) is 3.28. The molecule has 0 aliphatic carbocycles. The largest absolute Gasteiger partial charge is 0.347 e. The van der Waals surface area contributed by atoms with E-state index in [0.717, 1.165) is 32.1 Å². The summed E-state index contributed by atoms with van der Waals surface area (Å²) in [4.78, 5) is 22.0. The molecule has 2 aromatic carbocycles. The van der Waals surface area contributed by atoms with E-state index in [4.69, 9.17) is 0 Å². The van der Waals surface area contributed by atoms with Gasteiger partial charge in [0.05, 0.1) is 33.2 Å². The molecule has 0 saturated carbocycles. The molecule has 2 aromatic heterocycles. The summed E-state index contributed by atoms with van der Waals surface area (Å²) in [7, 11) is 0. The summed E-state index contributed by atoms with van der Waals surface area (Å²) in [5.74, 6) is 0.784. The van der Waals surface area contributed by atoms with Crippen molar-refractivity contribution in [3.63, 3.8) is 0 Å². The lowest BCUT2D eigenvalue weighted by Gasteiger charge is -2.17. The Morgan fingerprint density at radius 3 is 2.56 bits per heavy atom. The number of hydrogen-bond acceptors (Lipinski definition) is 4. The van der Waals surface area contributed by atoms with Gasteiger partial charge in [0.2, 0.25) is 5.91 Å². The van der Waals surface area contributed by atoms with Crippen LogP contribution in [0.15, 0.2) is 48.5 Å². The van der Waals surface area contributed by atoms with E-state index >= 15 is 0 Å². The third-order valence-electron chi connectivity index (χ3n) is 4.79. The Bertz CT molecular complexity index is 1080. The number of aryl methyl sites for hydroxylation is 1. The highest BCUT2D eigenvalue weighted by atomic mass is 32.1. The van der Waals surface area contributed by atoms with Crippen LogP contribution in [0.25, 0.3) is 21.3 Å². The standard InChI is InChI=1S/C21H22N4OS/c1-13(12-25-15(3)23-16-8-4-6-10-18(16)25)20(26)22-14(2)21-24-17-9-5-7-11-19(17)27-21/h4-11,13-14H,12H2,1-3H3,(H,22,26). The molecule has 4 rings (SSSR count). The van der Waals surface area contributed by atoms with Crippen molar-refractivity contribution in [2.75, 3.05) is 0 Å². The number of benzene rings is 2. The van der Waals surface area contributed by atoms with Crippen LogP contribution >= 0.6 is 11.3 Å². The number of hydrogen-bond donors (Lipinski definition) is 1. The summed E-state index contributed by atoms with van der Waals surface area (Å²) in [6.07, 6.45) is 0. The molecule has 6 heteroatoms. The maximum Gasteiger partial charge on any atom is 0.225 e. The minimum absolute atomic E-state index is 0.0268. The van der Waals surface area contributed by atoms with Gasteiger partial charge in [0.15, 0.2) is 0 Å². The molecule has 0 saturated heterocycles. The van der Waals surface area contributed by atoms with Crippen molar-refractivity contribution in [3.05, 3.63) is 59.4 Å². The van der Waals surface area contributed by atoms with Crippen LogP contribution in [-0.4, -0.2) is 20.4 Å². The number of imidazole rings is 1. The molecule has 0 aliphatic heterocycles. The average molecular weight is 379 g/mol. The summed E-state index contributed by atoms with van der Waals surface area (Å²) < 4.78 is 3.25. The highest BCUT2D eigenvalue weighted by Crippen LogP contribution is 2.26. The lowest BCUT2D eigenvalue weighted by Crippen LogP contribution is -2.33. The first-order valence-electron chi connectivity index (χ1n) is 9.10. The number of para-hydroxylation sites is 3. The van der Waals surface area contributed by atoms with Gasteiger partial charge in [-0.05, 0) is 38.1 Å². The smallest absolute Gasteiger partial charge is 0.225 e. The Balaban J connectivity index is 1.48. The molecule has 1 N–H and O–H groups in total. The molecule has 0 radical (unpaired) electrons. The van der Waals surface area contributed by atoms with E-state index in [1.54, 1.807) is 11.3 Å². The van der Waals surface area contributed by atoms with E-state index in [2.05, 4.69) is 25.9 Å². The summed E-state index contributed by atoms with van der Waals surface area (Å²) in [6.45, 7) is 6.52. The molecule has 2 heterocycles. The summed E-state index contributed by atoms with van der Waals surface area (Å²) >= 11 is 1.63. The van der Waals surface area contributed by atoms with Crippen LogP contribution in [0.1, 0.15) is 30.7 Å². The van der Waals surface area contributed by atoms with Crippen molar-refractivity contribution < 1.29 is 4.79 Å². The zero-order valence-corrected chi connectivity index (χ0v) is 16.5. The van der Waals surface area contributed by atoms with Gasteiger partial charge >= 0.3 is 0 Å². The number of carbonyl (C=O) groups excluding carboxylic acids is 1. The van der Waals surface area contributed by atoms with Crippen molar-refractivity contribution in [2.45, 2.75) is 33.4 Å². The molecular formula is C21H22N4OS. The number of thiazole rings is 1. The number of fused-ring (bicyclic) bond motifs is 2. The second-order valence-electron chi connectivity index (χ2n) is 6.91. The molecule has 4 aromatic rings. The number of nitrogens with zero attached hydrogens (tertiary/aromatic N) is 3. The quantitative estimate of drug-likeness (QED) is 0.557. The van der Waals surface area contributed by atoms with Crippen LogP contribution in [0.5, 0.6) is 0 Å². The Morgan fingerprint density at radius 2 is 1.78 bits per heavy atom. The van der Waals surface area contributed by atoms with Gasteiger partial charge in [0.1, 0.15) is 10.8 Å². The maximum atomic E-state index is 12.7. The zero-order valence-electron chi connectivity index (χ0n) is 15.6. The molecule has 2 unspecified atom stereocenters. The molecule has 2 atom stereocenters. The summed E-state index contributed by atoms with van der Waals surface area (Å²) in [5.41, 5.74) is 3.01. The number of rotatable bonds is 5. The summed E-state index contributed by atoms with van der Waals surface area (Å²) in [5, 5.41) is 4.04. The summed E-state index contributed by atoms with van der Waals surface area (Å²) in [6, 6.07) is 16.0. The van der Waals surface area contributed by atoms with Crippen molar-refractivity contribution in [1.82, 2.24) is 19.9 Å². The van der Waals surface area contributed by atoms with E-state index in [1.165, 1.54) is 0 Å². The normalized spacial score (nSPS) is 13.7. The van der Waals surface area contributed by atoms with Gasteiger partial charge in [-0.2, -0.15) is 0 Å². The molecule has 5 nitrogen and oxygen atoms in total. The van der Waals surface area contributed by atoms with Crippen LogP contribution in [0.4, 0.5) is 0 Å². The fourth-order valence-corrected chi connectivity index (χ4v) is 4.25. The molecule has 0 bridgehead atoms. The van der Waals surface area contributed by atoms with Gasteiger partial charge in [-0.3, -0.25) is 4.79 Å². The Labute approximate surface area is 162 Å². The van der Waals surface area contributed by atoms with Gasteiger partial charge in [-0.25, -0.2) is 9.97 Å². The van der Waals surface area contributed by atoms with E-state index in [-0.39, 0.29) is 17.9 Å². The van der Waals surface area contributed by atoms with Crippen molar-refractivity contribution >= 4 is 38.5 Å². The lowest BCUT2D eigenvalue weighted by molar-refractivity contribution is -0.125. The number of nitrogens with one attached hydrogen (secondary N) is 1. The topological polar surface area (TPSA) is 59.8 Å². The van der Waals surface area contributed by atoms with E-state index in [9.17, 15) is 4.79 Å². The first-order valence-corrected chi connectivity index (χ1v) is 9.92. The van der Waals surface area contributed by atoms with Crippen LogP contribution < -0.4 is 5.32 Å². The second kappa shape index (κ2) is 7.12. The van der Waals surface area contributed by atoms with E-state index < -0.39 is 0 Å². The number of amides is 1.